The number of nitrogens with two attached hydrogens (primary N) is 1. The Morgan fingerprint density at radius 2 is 2.33 bits per heavy atom. The number of ether oxygens (including phenoxy) is 2. The molecular formula is C13H15NO4. The van der Waals surface area contributed by atoms with Crippen molar-refractivity contribution in [2.24, 2.45) is 0 Å². The molecule has 96 valence electrons. The van der Waals surface area contributed by atoms with Crippen molar-refractivity contribution < 1.29 is 19.1 Å². The molecule has 1 heterocycles. The highest BCUT2D eigenvalue weighted by molar-refractivity contribution is 5.80. The molecule has 18 heavy (non-hydrogen) atoms. The third-order valence-electron chi connectivity index (χ3n) is 2.73. The standard InChI is InChI=1S/C13H15NO4/c14-10-3-1-2-9(8-10)4-5-12(15)18-11-6-7-17-13(11)16/h1-3,8,11H,4-7,14H2. The number of anilines is 1. The van der Waals surface area contributed by atoms with Crippen molar-refractivity contribution in [2.75, 3.05) is 12.3 Å². The molecule has 0 amide bonds. The first kappa shape index (κ1) is 12.4. The van der Waals surface area contributed by atoms with E-state index in [4.69, 9.17) is 15.2 Å². The van der Waals surface area contributed by atoms with Gasteiger partial charge in [-0.2, -0.15) is 0 Å². The molecule has 1 aliphatic heterocycles. The molecule has 0 radical (unpaired) electrons. The van der Waals surface area contributed by atoms with Crippen LogP contribution in [-0.4, -0.2) is 24.6 Å². The smallest absolute Gasteiger partial charge is 0.347 e. The Balaban J connectivity index is 1.79. The lowest BCUT2D eigenvalue weighted by molar-refractivity contribution is -0.160. The third kappa shape index (κ3) is 3.23. The first-order valence-corrected chi connectivity index (χ1v) is 5.85. The van der Waals surface area contributed by atoms with Crippen LogP contribution in [0.5, 0.6) is 0 Å². The van der Waals surface area contributed by atoms with Crippen LogP contribution in [0.3, 0.4) is 0 Å². The maximum absolute atomic E-state index is 11.5. The second-order valence-electron chi connectivity index (χ2n) is 4.18. The fraction of sp³-hybridized carbons (Fsp3) is 0.385. The lowest BCUT2D eigenvalue weighted by Gasteiger charge is -2.08. The summed E-state index contributed by atoms with van der Waals surface area (Å²) in [5, 5.41) is 0. The molecule has 5 heteroatoms. The molecule has 1 saturated heterocycles. The van der Waals surface area contributed by atoms with Crippen molar-refractivity contribution >= 4 is 17.6 Å². The number of nitrogen functional groups attached to an aromatic ring is 1. The Kier molecular flexibility index (Phi) is 3.82. The highest BCUT2D eigenvalue weighted by atomic mass is 16.6. The molecule has 5 nitrogen and oxygen atoms in total. The quantitative estimate of drug-likeness (QED) is 0.637. The molecule has 0 aromatic heterocycles. The molecule has 1 aliphatic rings. The highest BCUT2D eigenvalue weighted by Gasteiger charge is 2.29. The maximum atomic E-state index is 11.5. The van der Waals surface area contributed by atoms with E-state index in [1.165, 1.54) is 0 Å². The SMILES string of the molecule is Nc1cccc(CCC(=O)OC2CCOC2=O)c1. The van der Waals surface area contributed by atoms with E-state index < -0.39 is 12.1 Å². The Bertz CT molecular complexity index is 458. The van der Waals surface area contributed by atoms with Crippen molar-refractivity contribution in [2.45, 2.75) is 25.4 Å². The van der Waals surface area contributed by atoms with Gasteiger partial charge in [0.25, 0.3) is 0 Å². The average Bonchev–Trinajstić information content (AvgIpc) is 2.73. The van der Waals surface area contributed by atoms with Gasteiger partial charge < -0.3 is 15.2 Å². The predicted octanol–water partition coefficient (Wildman–Crippen LogP) is 1.06. The lowest BCUT2D eigenvalue weighted by atomic mass is 10.1. The average molecular weight is 249 g/mol. The zero-order valence-electron chi connectivity index (χ0n) is 9.93. The lowest BCUT2D eigenvalue weighted by Crippen LogP contribution is -2.22. The number of carbonyl (C=O) groups is 2. The molecule has 2 N–H and O–H groups in total. The number of aryl methyl sites for hydroxylation is 1. The summed E-state index contributed by atoms with van der Waals surface area (Å²) in [5.74, 6) is -0.839. The molecule has 0 saturated carbocycles. The van der Waals surface area contributed by atoms with Crippen molar-refractivity contribution in [1.82, 2.24) is 0 Å². The van der Waals surface area contributed by atoms with Crippen molar-refractivity contribution in [3.63, 3.8) is 0 Å². The summed E-state index contributed by atoms with van der Waals surface area (Å²) in [6.45, 7) is 0.325. The predicted molar refractivity (Wildman–Crippen MR) is 64.6 cm³/mol. The third-order valence-corrected chi connectivity index (χ3v) is 2.73. The Hall–Kier alpha value is -2.04. The van der Waals surface area contributed by atoms with Gasteiger partial charge in [-0.1, -0.05) is 12.1 Å². The molecular weight excluding hydrogens is 234 g/mol. The Morgan fingerprint density at radius 1 is 1.50 bits per heavy atom. The van der Waals surface area contributed by atoms with Crippen molar-refractivity contribution in [3.05, 3.63) is 29.8 Å². The van der Waals surface area contributed by atoms with Crippen LogP contribution in [0.2, 0.25) is 0 Å². The number of hydrogen-bond acceptors (Lipinski definition) is 5. The topological polar surface area (TPSA) is 78.6 Å². The Labute approximate surface area is 105 Å². The van der Waals surface area contributed by atoms with Crippen LogP contribution in [0.25, 0.3) is 0 Å². The summed E-state index contributed by atoms with van der Waals surface area (Å²) in [6, 6.07) is 7.34. The molecule has 2 rings (SSSR count). The number of carbonyl (C=O) groups excluding carboxylic acids is 2. The van der Waals surface area contributed by atoms with Gasteiger partial charge in [-0.25, -0.2) is 4.79 Å². The molecule has 0 spiro atoms. The zero-order chi connectivity index (χ0) is 13.0. The summed E-state index contributed by atoms with van der Waals surface area (Å²) in [7, 11) is 0. The van der Waals surface area contributed by atoms with Gasteiger partial charge in [0.1, 0.15) is 0 Å². The monoisotopic (exact) mass is 249 g/mol. The van der Waals surface area contributed by atoms with E-state index in [9.17, 15) is 9.59 Å². The molecule has 1 aromatic carbocycles. The van der Waals surface area contributed by atoms with Gasteiger partial charge in [-0.15, -0.1) is 0 Å². The van der Waals surface area contributed by atoms with E-state index in [1.54, 1.807) is 6.07 Å². The van der Waals surface area contributed by atoms with Crippen LogP contribution < -0.4 is 5.73 Å². The van der Waals surface area contributed by atoms with E-state index in [0.717, 1.165) is 5.56 Å². The minimum atomic E-state index is -0.724. The van der Waals surface area contributed by atoms with Crippen LogP contribution in [0.1, 0.15) is 18.4 Å². The zero-order valence-corrected chi connectivity index (χ0v) is 9.93. The number of cyclic esters (lactones) is 1. The van der Waals surface area contributed by atoms with Gasteiger partial charge in [-0.05, 0) is 24.1 Å². The number of esters is 2. The van der Waals surface area contributed by atoms with Crippen molar-refractivity contribution in [1.29, 1.82) is 0 Å². The molecule has 1 atom stereocenters. The largest absolute Gasteiger partial charge is 0.463 e. The second-order valence-corrected chi connectivity index (χ2v) is 4.18. The molecule has 1 aromatic rings. The number of rotatable bonds is 4. The first-order chi connectivity index (χ1) is 8.65. The van der Waals surface area contributed by atoms with Gasteiger partial charge in [0.2, 0.25) is 6.10 Å². The number of benzene rings is 1. The van der Waals surface area contributed by atoms with Gasteiger partial charge >= 0.3 is 11.9 Å². The van der Waals surface area contributed by atoms with E-state index in [0.29, 0.717) is 25.1 Å². The highest BCUT2D eigenvalue weighted by Crippen LogP contribution is 2.13. The fourth-order valence-electron chi connectivity index (χ4n) is 1.80. The Morgan fingerprint density at radius 3 is 3.00 bits per heavy atom. The second kappa shape index (κ2) is 5.53. The van der Waals surface area contributed by atoms with Gasteiger partial charge in [-0.3, -0.25) is 4.79 Å². The fourth-order valence-corrected chi connectivity index (χ4v) is 1.80. The normalized spacial score (nSPS) is 18.4. The molecule has 0 bridgehead atoms. The molecule has 1 unspecified atom stereocenters. The van der Waals surface area contributed by atoms with Gasteiger partial charge in [0, 0.05) is 18.5 Å². The van der Waals surface area contributed by atoms with Crippen molar-refractivity contribution in [3.8, 4) is 0 Å². The maximum Gasteiger partial charge on any atom is 0.347 e. The van der Waals surface area contributed by atoms with E-state index >= 15 is 0 Å². The summed E-state index contributed by atoms with van der Waals surface area (Å²) >= 11 is 0. The van der Waals surface area contributed by atoms with Crippen LogP contribution in [-0.2, 0) is 25.5 Å². The number of hydrogen-bond donors (Lipinski definition) is 1. The minimum Gasteiger partial charge on any atom is -0.463 e. The summed E-state index contributed by atoms with van der Waals surface area (Å²) in [4.78, 5) is 22.7. The van der Waals surface area contributed by atoms with E-state index in [1.807, 2.05) is 18.2 Å². The van der Waals surface area contributed by atoms with Crippen LogP contribution in [0.15, 0.2) is 24.3 Å². The van der Waals surface area contributed by atoms with E-state index in [2.05, 4.69) is 0 Å². The molecule has 0 aliphatic carbocycles. The van der Waals surface area contributed by atoms with Gasteiger partial charge in [0.05, 0.1) is 6.61 Å². The first-order valence-electron chi connectivity index (χ1n) is 5.85. The summed E-state index contributed by atoms with van der Waals surface area (Å²) in [6.07, 6.45) is 0.500. The minimum absolute atomic E-state index is 0.229. The van der Waals surface area contributed by atoms with Crippen LogP contribution in [0, 0.1) is 0 Å². The summed E-state index contributed by atoms with van der Waals surface area (Å²) in [5.41, 5.74) is 7.28. The van der Waals surface area contributed by atoms with E-state index in [-0.39, 0.29) is 12.4 Å². The van der Waals surface area contributed by atoms with Crippen LogP contribution in [0.4, 0.5) is 5.69 Å². The van der Waals surface area contributed by atoms with Crippen LogP contribution >= 0.6 is 0 Å². The molecule has 1 fully saturated rings. The summed E-state index contributed by atoms with van der Waals surface area (Å²) < 4.78 is 9.74. The van der Waals surface area contributed by atoms with Gasteiger partial charge in [0.15, 0.2) is 0 Å².